The van der Waals surface area contributed by atoms with Crippen molar-refractivity contribution in [3.63, 3.8) is 0 Å². The second kappa shape index (κ2) is 8.22. The van der Waals surface area contributed by atoms with Crippen LogP contribution in [0, 0.1) is 0 Å². The average Bonchev–Trinajstić information content (AvgIpc) is 2.45. The van der Waals surface area contributed by atoms with E-state index in [4.69, 9.17) is 9.53 Å². The SMILES string of the molecule is CCC[Si](CCC)(CCc1ccc(C(=O)O)cc1)OC. The van der Waals surface area contributed by atoms with Crippen LogP contribution in [0.1, 0.15) is 42.6 Å². The summed E-state index contributed by atoms with van der Waals surface area (Å²) in [5, 5.41) is 8.90. The molecule has 0 atom stereocenters. The Morgan fingerprint density at radius 2 is 1.65 bits per heavy atom. The standard InChI is InChI=1S/C16H26O3Si/c1-4-11-20(19-3,12-5-2)13-10-14-6-8-15(9-7-14)16(17)18/h6-9H,4-5,10-13H2,1-3H3,(H,17,18). The fourth-order valence-corrected chi connectivity index (χ4v) is 6.71. The lowest BCUT2D eigenvalue weighted by Gasteiger charge is -2.29. The molecule has 1 N–H and O–H groups in total. The molecule has 0 heterocycles. The van der Waals surface area contributed by atoms with E-state index >= 15 is 0 Å². The van der Waals surface area contributed by atoms with Crippen LogP contribution < -0.4 is 0 Å². The molecule has 0 saturated heterocycles. The summed E-state index contributed by atoms with van der Waals surface area (Å²) in [5.74, 6) is -0.867. The molecule has 1 aromatic rings. The Morgan fingerprint density at radius 3 is 2.05 bits per heavy atom. The molecular formula is C16H26O3Si. The fourth-order valence-electron chi connectivity index (χ4n) is 2.78. The third-order valence-corrected chi connectivity index (χ3v) is 8.76. The third kappa shape index (κ3) is 4.76. The molecule has 0 fully saturated rings. The van der Waals surface area contributed by atoms with Crippen molar-refractivity contribution >= 4 is 14.3 Å². The molecule has 4 heteroatoms. The molecule has 0 spiro atoms. The second-order valence-corrected chi connectivity index (χ2v) is 9.66. The number of carbonyl (C=O) groups is 1. The van der Waals surface area contributed by atoms with Crippen LogP contribution in [-0.4, -0.2) is 26.5 Å². The Labute approximate surface area is 123 Å². The Hall–Kier alpha value is -1.13. The molecule has 0 aliphatic carbocycles. The molecule has 0 aromatic heterocycles. The highest BCUT2D eigenvalue weighted by Crippen LogP contribution is 2.27. The van der Waals surface area contributed by atoms with Gasteiger partial charge in [-0.2, -0.15) is 0 Å². The highest BCUT2D eigenvalue weighted by molar-refractivity contribution is 6.73. The maximum absolute atomic E-state index is 10.8. The van der Waals surface area contributed by atoms with Gasteiger partial charge in [0.1, 0.15) is 0 Å². The van der Waals surface area contributed by atoms with Crippen molar-refractivity contribution in [2.45, 2.75) is 51.2 Å². The molecular weight excluding hydrogens is 268 g/mol. The minimum absolute atomic E-state index is 0.353. The largest absolute Gasteiger partial charge is 0.478 e. The smallest absolute Gasteiger partial charge is 0.335 e. The number of aromatic carboxylic acids is 1. The van der Waals surface area contributed by atoms with Gasteiger partial charge in [0.05, 0.1) is 5.56 Å². The first-order valence-electron chi connectivity index (χ1n) is 7.44. The molecule has 0 aliphatic rings. The molecule has 0 bridgehead atoms. The zero-order chi connectivity index (χ0) is 15.0. The van der Waals surface area contributed by atoms with Crippen molar-refractivity contribution in [1.29, 1.82) is 0 Å². The average molecular weight is 294 g/mol. The maximum atomic E-state index is 10.8. The molecule has 20 heavy (non-hydrogen) atoms. The van der Waals surface area contributed by atoms with E-state index < -0.39 is 14.3 Å². The van der Waals surface area contributed by atoms with Gasteiger partial charge in [0.15, 0.2) is 8.32 Å². The Morgan fingerprint density at radius 1 is 1.10 bits per heavy atom. The van der Waals surface area contributed by atoms with E-state index in [-0.39, 0.29) is 0 Å². The van der Waals surface area contributed by atoms with Crippen molar-refractivity contribution < 1.29 is 14.3 Å². The van der Waals surface area contributed by atoms with E-state index in [1.54, 1.807) is 12.1 Å². The van der Waals surface area contributed by atoms with Crippen molar-refractivity contribution in [3.8, 4) is 0 Å². The number of rotatable bonds is 9. The van der Waals surface area contributed by atoms with Crippen LogP contribution in [0.5, 0.6) is 0 Å². The van der Waals surface area contributed by atoms with Gasteiger partial charge in [-0.05, 0) is 42.2 Å². The van der Waals surface area contributed by atoms with E-state index in [2.05, 4.69) is 13.8 Å². The zero-order valence-electron chi connectivity index (χ0n) is 12.8. The third-order valence-electron chi connectivity index (χ3n) is 3.91. The van der Waals surface area contributed by atoms with Gasteiger partial charge in [-0.15, -0.1) is 0 Å². The van der Waals surface area contributed by atoms with Gasteiger partial charge in [-0.25, -0.2) is 4.79 Å². The highest BCUT2D eigenvalue weighted by Gasteiger charge is 2.31. The predicted octanol–water partition coefficient (Wildman–Crippen LogP) is 4.34. The highest BCUT2D eigenvalue weighted by atomic mass is 28.4. The summed E-state index contributed by atoms with van der Waals surface area (Å²) in [5.41, 5.74) is 1.56. The quantitative estimate of drug-likeness (QED) is 0.689. The zero-order valence-corrected chi connectivity index (χ0v) is 13.8. The summed E-state index contributed by atoms with van der Waals surface area (Å²) >= 11 is 0. The summed E-state index contributed by atoms with van der Waals surface area (Å²) in [7, 11) is 0.262. The first kappa shape index (κ1) is 16.9. The van der Waals surface area contributed by atoms with E-state index in [9.17, 15) is 4.79 Å². The summed E-state index contributed by atoms with van der Waals surface area (Å²) in [6.45, 7) is 4.44. The number of carboxylic acid groups (broad SMARTS) is 1. The van der Waals surface area contributed by atoms with Crippen molar-refractivity contribution in [1.82, 2.24) is 0 Å². The minimum atomic E-state index is -1.60. The van der Waals surface area contributed by atoms with E-state index in [1.807, 2.05) is 19.2 Å². The van der Waals surface area contributed by atoms with E-state index in [0.717, 1.165) is 12.5 Å². The van der Waals surface area contributed by atoms with E-state index in [1.165, 1.54) is 30.5 Å². The van der Waals surface area contributed by atoms with Gasteiger partial charge in [0.2, 0.25) is 0 Å². The molecule has 0 amide bonds. The molecule has 112 valence electrons. The fraction of sp³-hybridized carbons (Fsp3) is 0.562. The maximum Gasteiger partial charge on any atom is 0.335 e. The van der Waals surface area contributed by atoms with Crippen LogP contribution in [0.25, 0.3) is 0 Å². The predicted molar refractivity (Wildman–Crippen MR) is 84.9 cm³/mol. The van der Waals surface area contributed by atoms with Crippen molar-refractivity contribution in [2.24, 2.45) is 0 Å². The van der Waals surface area contributed by atoms with Crippen LogP contribution in [0.4, 0.5) is 0 Å². The van der Waals surface area contributed by atoms with Crippen LogP contribution in [0.3, 0.4) is 0 Å². The number of hydrogen-bond acceptors (Lipinski definition) is 2. The molecule has 0 aliphatic heterocycles. The van der Waals surface area contributed by atoms with Gasteiger partial charge in [0.25, 0.3) is 0 Å². The van der Waals surface area contributed by atoms with Crippen molar-refractivity contribution in [2.75, 3.05) is 7.11 Å². The summed E-state index contributed by atoms with van der Waals surface area (Å²) in [4.78, 5) is 10.8. The van der Waals surface area contributed by atoms with Crippen LogP contribution in [-0.2, 0) is 10.8 Å². The topological polar surface area (TPSA) is 46.5 Å². The molecule has 0 unspecified atom stereocenters. The molecule has 0 radical (unpaired) electrons. The number of carboxylic acids is 1. The normalized spacial score (nSPS) is 11.6. The van der Waals surface area contributed by atoms with E-state index in [0.29, 0.717) is 5.56 Å². The molecule has 0 saturated carbocycles. The molecule has 1 rings (SSSR count). The lowest BCUT2D eigenvalue weighted by Crippen LogP contribution is -2.37. The van der Waals surface area contributed by atoms with Crippen LogP contribution >= 0.6 is 0 Å². The summed E-state index contributed by atoms with van der Waals surface area (Å²) in [6, 6.07) is 10.8. The monoisotopic (exact) mass is 294 g/mol. The molecule has 3 nitrogen and oxygen atoms in total. The first-order valence-corrected chi connectivity index (χ1v) is 9.97. The van der Waals surface area contributed by atoms with Gasteiger partial charge in [0, 0.05) is 7.11 Å². The van der Waals surface area contributed by atoms with Crippen LogP contribution in [0.2, 0.25) is 18.1 Å². The minimum Gasteiger partial charge on any atom is -0.478 e. The lowest BCUT2D eigenvalue weighted by molar-refractivity contribution is 0.0697. The summed E-state index contributed by atoms with van der Waals surface area (Å²) < 4.78 is 5.95. The lowest BCUT2D eigenvalue weighted by atomic mass is 10.1. The number of hydrogen-bond donors (Lipinski definition) is 1. The first-order chi connectivity index (χ1) is 9.56. The van der Waals surface area contributed by atoms with Gasteiger partial charge in [-0.1, -0.05) is 38.8 Å². The number of benzene rings is 1. The number of aryl methyl sites for hydroxylation is 1. The molecule has 1 aromatic carbocycles. The Kier molecular flexibility index (Phi) is 6.95. The second-order valence-electron chi connectivity index (χ2n) is 5.39. The van der Waals surface area contributed by atoms with Gasteiger partial charge < -0.3 is 9.53 Å². The van der Waals surface area contributed by atoms with Crippen LogP contribution in [0.15, 0.2) is 24.3 Å². The van der Waals surface area contributed by atoms with Gasteiger partial charge >= 0.3 is 5.97 Å². The van der Waals surface area contributed by atoms with Gasteiger partial charge in [-0.3, -0.25) is 0 Å². The Bertz CT molecular complexity index is 408. The Balaban J connectivity index is 2.68. The van der Waals surface area contributed by atoms with Crippen molar-refractivity contribution in [3.05, 3.63) is 35.4 Å². The summed E-state index contributed by atoms with van der Waals surface area (Å²) in [6.07, 6.45) is 3.34.